The second-order valence-electron chi connectivity index (χ2n) is 7.02. The first kappa shape index (κ1) is 18.4. The van der Waals surface area contributed by atoms with E-state index in [1.54, 1.807) is 6.92 Å². The summed E-state index contributed by atoms with van der Waals surface area (Å²) < 4.78 is 0. The van der Waals surface area contributed by atoms with E-state index < -0.39 is 11.5 Å². The first-order chi connectivity index (χ1) is 9.74. The minimum absolute atomic E-state index is 0.160. The Balaban J connectivity index is 2.47. The number of carbonyl (C=O) groups is 1. The Labute approximate surface area is 129 Å². The average molecular weight is 299 g/mol. The molecule has 1 heterocycles. The lowest BCUT2D eigenvalue weighted by Gasteiger charge is -2.35. The van der Waals surface area contributed by atoms with E-state index in [1.165, 1.54) is 25.9 Å². The summed E-state index contributed by atoms with van der Waals surface area (Å²) in [6.07, 6.45) is 3.24. The predicted octanol–water partition coefficient (Wildman–Crippen LogP) is 1.63. The first-order valence-electron chi connectivity index (χ1n) is 8.18. The molecular formula is C16H33N3O2. The van der Waals surface area contributed by atoms with Crippen molar-refractivity contribution in [2.75, 3.05) is 33.2 Å². The zero-order valence-corrected chi connectivity index (χ0v) is 14.4. The zero-order chi connectivity index (χ0) is 16.0. The average Bonchev–Trinajstić information content (AvgIpc) is 2.87. The van der Waals surface area contributed by atoms with Gasteiger partial charge in [0.05, 0.1) is 0 Å². The Morgan fingerprint density at radius 1 is 1.33 bits per heavy atom. The van der Waals surface area contributed by atoms with Crippen molar-refractivity contribution >= 4 is 5.97 Å². The van der Waals surface area contributed by atoms with Crippen molar-refractivity contribution in [3.8, 4) is 0 Å². The van der Waals surface area contributed by atoms with Crippen LogP contribution in [0.1, 0.15) is 47.0 Å². The van der Waals surface area contributed by atoms with E-state index in [-0.39, 0.29) is 12.1 Å². The van der Waals surface area contributed by atoms with E-state index in [9.17, 15) is 9.90 Å². The highest BCUT2D eigenvalue weighted by Crippen LogP contribution is 2.17. The van der Waals surface area contributed by atoms with Gasteiger partial charge in [-0.25, -0.2) is 0 Å². The molecule has 1 aliphatic rings. The molecule has 1 fully saturated rings. The normalized spacial score (nSPS) is 20.9. The quantitative estimate of drug-likeness (QED) is 0.678. The lowest BCUT2D eigenvalue weighted by atomic mass is 9.92. The molecule has 21 heavy (non-hydrogen) atoms. The van der Waals surface area contributed by atoms with Crippen LogP contribution in [-0.2, 0) is 4.79 Å². The maximum Gasteiger partial charge on any atom is 0.323 e. The second-order valence-corrected chi connectivity index (χ2v) is 7.02. The molecule has 0 aromatic rings. The minimum Gasteiger partial charge on any atom is -0.480 e. The Kier molecular flexibility index (Phi) is 7.10. The van der Waals surface area contributed by atoms with Gasteiger partial charge in [-0.15, -0.1) is 0 Å². The summed E-state index contributed by atoms with van der Waals surface area (Å²) in [5.74, 6) is -0.768. The molecular weight excluding hydrogens is 266 g/mol. The van der Waals surface area contributed by atoms with Crippen LogP contribution < -0.4 is 5.32 Å². The Morgan fingerprint density at radius 3 is 2.38 bits per heavy atom. The summed E-state index contributed by atoms with van der Waals surface area (Å²) in [4.78, 5) is 16.4. The van der Waals surface area contributed by atoms with Crippen LogP contribution in [0.25, 0.3) is 0 Å². The van der Waals surface area contributed by atoms with Crippen LogP contribution in [-0.4, -0.2) is 71.7 Å². The standard InChI is InChI=1S/C16H33N3O2/c1-13(2)17-16(4,15(20)21)12-14(3)18(5)10-11-19-8-6-7-9-19/h13-14,17H,6-12H2,1-5H3,(H,20,21). The number of likely N-dealkylation sites (N-methyl/N-ethyl adjacent to an activating group) is 1. The molecule has 0 spiro atoms. The highest BCUT2D eigenvalue weighted by atomic mass is 16.4. The number of carboxylic acid groups (broad SMARTS) is 1. The molecule has 124 valence electrons. The van der Waals surface area contributed by atoms with Gasteiger partial charge in [-0.05, 0) is 67.1 Å². The summed E-state index contributed by atoms with van der Waals surface area (Å²) in [6, 6.07) is 0.396. The van der Waals surface area contributed by atoms with Gasteiger partial charge in [0.15, 0.2) is 0 Å². The largest absolute Gasteiger partial charge is 0.480 e. The molecule has 0 aromatic heterocycles. The van der Waals surface area contributed by atoms with Crippen molar-refractivity contribution in [2.24, 2.45) is 0 Å². The van der Waals surface area contributed by atoms with Crippen molar-refractivity contribution in [3.05, 3.63) is 0 Å². The second kappa shape index (κ2) is 8.11. The molecule has 0 bridgehead atoms. The van der Waals surface area contributed by atoms with Gasteiger partial charge in [-0.2, -0.15) is 0 Å². The van der Waals surface area contributed by atoms with Crippen molar-refractivity contribution in [2.45, 2.75) is 64.6 Å². The minimum atomic E-state index is -0.866. The van der Waals surface area contributed by atoms with Gasteiger partial charge in [0.2, 0.25) is 0 Å². The molecule has 1 rings (SSSR count). The number of hydrogen-bond donors (Lipinski definition) is 2. The zero-order valence-electron chi connectivity index (χ0n) is 14.4. The fourth-order valence-corrected chi connectivity index (χ4v) is 3.12. The van der Waals surface area contributed by atoms with E-state index in [0.29, 0.717) is 6.42 Å². The fourth-order valence-electron chi connectivity index (χ4n) is 3.12. The van der Waals surface area contributed by atoms with Crippen LogP contribution in [0.15, 0.2) is 0 Å². The van der Waals surface area contributed by atoms with E-state index in [2.05, 4.69) is 29.1 Å². The molecule has 0 aromatic carbocycles. The third-order valence-electron chi connectivity index (χ3n) is 4.50. The monoisotopic (exact) mass is 299 g/mol. The van der Waals surface area contributed by atoms with Gasteiger partial charge in [-0.1, -0.05) is 0 Å². The molecule has 0 aliphatic carbocycles. The van der Waals surface area contributed by atoms with E-state index in [4.69, 9.17) is 0 Å². The predicted molar refractivity (Wildman–Crippen MR) is 86.7 cm³/mol. The maximum atomic E-state index is 11.6. The van der Waals surface area contributed by atoms with Crippen LogP contribution in [0.3, 0.4) is 0 Å². The number of likely N-dealkylation sites (tertiary alicyclic amines) is 1. The number of nitrogens with zero attached hydrogens (tertiary/aromatic N) is 2. The van der Waals surface area contributed by atoms with Gasteiger partial charge < -0.3 is 14.9 Å². The molecule has 0 amide bonds. The van der Waals surface area contributed by atoms with Crippen molar-refractivity contribution in [3.63, 3.8) is 0 Å². The SMILES string of the molecule is CC(C)NC(C)(CC(C)N(C)CCN1CCCC1)C(=O)O. The van der Waals surface area contributed by atoms with Gasteiger partial charge >= 0.3 is 5.97 Å². The molecule has 5 nitrogen and oxygen atoms in total. The number of carboxylic acids is 1. The molecule has 1 saturated heterocycles. The topological polar surface area (TPSA) is 55.8 Å². The van der Waals surface area contributed by atoms with Crippen LogP contribution in [0.5, 0.6) is 0 Å². The Hall–Kier alpha value is -0.650. The van der Waals surface area contributed by atoms with Crippen LogP contribution in [0, 0.1) is 0 Å². The number of aliphatic carboxylic acids is 1. The molecule has 2 unspecified atom stereocenters. The van der Waals surface area contributed by atoms with Crippen molar-refractivity contribution < 1.29 is 9.90 Å². The van der Waals surface area contributed by atoms with E-state index in [0.717, 1.165) is 13.1 Å². The smallest absolute Gasteiger partial charge is 0.323 e. The van der Waals surface area contributed by atoms with Gasteiger partial charge in [0.25, 0.3) is 0 Å². The van der Waals surface area contributed by atoms with E-state index >= 15 is 0 Å². The number of hydrogen-bond acceptors (Lipinski definition) is 4. The third kappa shape index (κ3) is 5.93. The molecule has 2 atom stereocenters. The van der Waals surface area contributed by atoms with E-state index in [1.807, 2.05) is 13.8 Å². The van der Waals surface area contributed by atoms with Crippen LogP contribution >= 0.6 is 0 Å². The lowest BCUT2D eigenvalue weighted by molar-refractivity contribution is -0.145. The maximum absolute atomic E-state index is 11.6. The first-order valence-corrected chi connectivity index (χ1v) is 8.18. The highest BCUT2D eigenvalue weighted by molar-refractivity contribution is 5.78. The fraction of sp³-hybridized carbons (Fsp3) is 0.938. The highest BCUT2D eigenvalue weighted by Gasteiger charge is 2.35. The number of nitrogens with one attached hydrogen (secondary N) is 1. The summed E-state index contributed by atoms with van der Waals surface area (Å²) in [5, 5.41) is 12.7. The summed E-state index contributed by atoms with van der Waals surface area (Å²) in [7, 11) is 2.10. The van der Waals surface area contributed by atoms with Gasteiger partial charge in [0, 0.05) is 25.2 Å². The Morgan fingerprint density at radius 2 is 1.90 bits per heavy atom. The summed E-state index contributed by atoms with van der Waals surface area (Å²) in [5.41, 5.74) is -0.866. The summed E-state index contributed by atoms with van der Waals surface area (Å²) in [6.45, 7) is 12.4. The van der Waals surface area contributed by atoms with Crippen LogP contribution in [0.2, 0.25) is 0 Å². The Bertz CT molecular complexity index is 329. The lowest BCUT2D eigenvalue weighted by Crippen LogP contribution is -2.55. The molecule has 2 N–H and O–H groups in total. The van der Waals surface area contributed by atoms with Crippen molar-refractivity contribution in [1.82, 2.24) is 15.1 Å². The van der Waals surface area contributed by atoms with Gasteiger partial charge in [-0.3, -0.25) is 10.1 Å². The molecule has 0 saturated carbocycles. The molecule has 1 aliphatic heterocycles. The van der Waals surface area contributed by atoms with Crippen LogP contribution in [0.4, 0.5) is 0 Å². The third-order valence-corrected chi connectivity index (χ3v) is 4.50. The molecule has 5 heteroatoms. The summed E-state index contributed by atoms with van der Waals surface area (Å²) >= 11 is 0. The number of rotatable bonds is 9. The molecule has 0 radical (unpaired) electrons. The van der Waals surface area contributed by atoms with Gasteiger partial charge in [0.1, 0.15) is 5.54 Å². The van der Waals surface area contributed by atoms with Crippen molar-refractivity contribution in [1.29, 1.82) is 0 Å².